The first-order valence-electron chi connectivity index (χ1n) is 8.17. The van der Waals surface area contributed by atoms with Gasteiger partial charge in [0.25, 0.3) is 11.8 Å². The molecule has 0 heterocycles. The smallest absolute Gasteiger partial charge is 0.325 e. The second-order valence-corrected chi connectivity index (χ2v) is 5.53. The van der Waals surface area contributed by atoms with Crippen molar-refractivity contribution in [1.82, 2.24) is 5.32 Å². The van der Waals surface area contributed by atoms with Gasteiger partial charge in [-0.2, -0.15) is 0 Å². The van der Waals surface area contributed by atoms with Crippen molar-refractivity contribution >= 4 is 29.4 Å². The number of rotatable bonds is 8. The first-order valence-corrected chi connectivity index (χ1v) is 8.17. The number of amides is 3. The predicted molar refractivity (Wildman–Crippen MR) is 99.9 cm³/mol. The zero-order chi connectivity index (χ0) is 20.5. The van der Waals surface area contributed by atoms with Crippen molar-refractivity contribution in [2.75, 3.05) is 25.6 Å². The maximum Gasteiger partial charge on any atom is 0.325 e. The number of benzene rings is 2. The Morgan fingerprint density at radius 1 is 1.00 bits per heavy atom. The molecule has 0 spiro atoms. The van der Waals surface area contributed by atoms with Crippen LogP contribution in [-0.4, -0.2) is 44.0 Å². The Hall–Kier alpha value is -3.88. The van der Waals surface area contributed by atoms with E-state index in [9.17, 15) is 19.2 Å². The number of hydrogen-bond acceptors (Lipinski definition) is 6. The number of nitrogens with two attached hydrogens (primary N) is 1. The van der Waals surface area contributed by atoms with Crippen LogP contribution in [0.3, 0.4) is 0 Å². The molecule has 2 rings (SSSR count). The predicted octanol–water partition coefficient (Wildman–Crippen LogP) is 0.706. The van der Waals surface area contributed by atoms with Crippen LogP contribution in [0.5, 0.6) is 5.75 Å². The monoisotopic (exact) mass is 385 g/mol. The van der Waals surface area contributed by atoms with Crippen LogP contribution in [0.4, 0.5) is 5.69 Å². The molecule has 9 heteroatoms. The van der Waals surface area contributed by atoms with E-state index in [0.29, 0.717) is 17.0 Å². The van der Waals surface area contributed by atoms with Crippen molar-refractivity contribution in [3.63, 3.8) is 0 Å². The molecule has 0 atom stereocenters. The normalized spacial score (nSPS) is 9.89. The highest BCUT2D eigenvalue weighted by atomic mass is 16.5. The van der Waals surface area contributed by atoms with E-state index in [1.807, 2.05) is 0 Å². The minimum Gasteiger partial charge on any atom is -0.496 e. The van der Waals surface area contributed by atoms with E-state index >= 15 is 0 Å². The topological polar surface area (TPSA) is 137 Å². The summed E-state index contributed by atoms with van der Waals surface area (Å²) in [6, 6.07) is 12.4. The number of carbonyl (C=O) groups excluding carboxylic acids is 4. The molecule has 0 aliphatic carbocycles. The minimum absolute atomic E-state index is 0.273. The summed E-state index contributed by atoms with van der Waals surface area (Å²) < 4.78 is 9.88. The minimum atomic E-state index is -0.775. The molecule has 0 unspecified atom stereocenters. The third kappa shape index (κ3) is 5.84. The first kappa shape index (κ1) is 20.4. The Bertz CT molecular complexity index is 879. The third-order valence-electron chi connectivity index (χ3n) is 3.56. The second-order valence-electron chi connectivity index (χ2n) is 5.53. The molecule has 0 aromatic heterocycles. The molecular weight excluding hydrogens is 366 g/mol. The molecule has 2 aromatic rings. The average Bonchev–Trinajstić information content (AvgIpc) is 2.70. The van der Waals surface area contributed by atoms with Crippen molar-refractivity contribution < 1.29 is 28.7 Å². The zero-order valence-electron chi connectivity index (χ0n) is 15.1. The Balaban J connectivity index is 1.76. The third-order valence-corrected chi connectivity index (χ3v) is 3.56. The van der Waals surface area contributed by atoms with Gasteiger partial charge < -0.3 is 25.8 Å². The van der Waals surface area contributed by atoms with E-state index in [0.717, 1.165) is 0 Å². The highest BCUT2D eigenvalue weighted by Crippen LogP contribution is 2.16. The van der Waals surface area contributed by atoms with E-state index in [-0.39, 0.29) is 5.56 Å². The van der Waals surface area contributed by atoms with Crippen LogP contribution in [0.1, 0.15) is 20.7 Å². The van der Waals surface area contributed by atoms with Gasteiger partial charge in [0.1, 0.15) is 12.3 Å². The summed E-state index contributed by atoms with van der Waals surface area (Å²) in [5.41, 5.74) is 6.12. The molecule has 0 fully saturated rings. The van der Waals surface area contributed by atoms with E-state index in [1.165, 1.54) is 31.4 Å². The fourth-order valence-electron chi connectivity index (χ4n) is 2.19. The fraction of sp³-hybridized carbons (Fsp3) is 0.158. The van der Waals surface area contributed by atoms with Gasteiger partial charge in [-0.15, -0.1) is 0 Å². The second kappa shape index (κ2) is 9.72. The standard InChI is InChI=1S/C19H19N3O6/c1-27-15-5-3-2-4-14(15)19(26)21-10-17(24)28-11-16(23)22-13-8-6-12(7-9-13)18(20)25/h2-9H,10-11H2,1H3,(H2,20,25)(H,21,26)(H,22,23). The molecule has 0 radical (unpaired) electrons. The number of methoxy groups -OCH3 is 1. The molecule has 146 valence electrons. The molecule has 0 saturated carbocycles. The van der Waals surface area contributed by atoms with Crippen LogP contribution in [-0.2, 0) is 14.3 Å². The van der Waals surface area contributed by atoms with Crippen LogP contribution < -0.4 is 21.1 Å². The van der Waals surface area contributed by atoms with Gasteiger partial charge in [-0.25, -0.2) is 0 Å². The van der Waals surface area contributed by atoms with Crippen LogP contribution in [0.2, 0.25) is 0 Å². The maximum absolute atomic E-state index is 12.1. The number of nitrogens with one attached hydrogen (secondary N) is 2. The Labute approximate surface area is 160 Å². The van der Waals surface area contributed by atoms with Gasteiger partial charge in [0.15, 0.2) is 6.61 Å². The number of hydrogen-bond donors (Lipinski definition) is 3. The van der Waals surface area contributed by atoms with Gasteiger partial charge in [-0.3, -0.25) is 19.2 Å². The van der Waals surface area contributed by atoms with Crippen molar-refractivity contribution in [3.05, 3.63) is 59.7 Å². The van der Waals surface area contributed by atoms with E-state index in [2.05, 4.69) is 10.6 Å². The number of esters is 1. The molecule has 0 bridgehead atoms. The Morgan fingerprint density at radius 3 is 2.32 bits per heavy atom. The van der Waals surface area contributed by atoms with Gasteiger partial charge in [-0.05, 0) is 36.4 Å². The summed E-state index contributed by atoms with van der Waals surface area (Å²) in [6.07, 6.45) is 0. The number of primary amides is 1. The lowest BCUT2D eigenvalue weighted by Gasteiger charge is -2.09. The fourth-order valence-corrected chi connectivity index (χ4v) is 2.19. The number of anilines is 1. The quantitative estimate of drug-likeness (QED) is 0.572. The van der Waals surface area contributed by atoms with Crippen LogP contribution in [0.25, 0.3) is 0 Å². The number of para-hydroxylation sites is 1. The number of ether oxygens (including phenoxy) is 2. The highest BCUT2D eigenvalue weighted by molar-refractivity contribution is 5.99. The summed E-state index contributed by atoms with van der Waals surface area (Å²) in [6.45, 7) is -0.932. The van der Waals surface area contributed by atoms with Gasteiger partial charge in [0.05, 0.1) is 12.7 Å². The van der Waals surface area contributed by atoms with Gasteiger partial charge in [0, 0.05) is 11.3 Å². The number of carbonyl (C=O) groups is 4. The van der Waals surface area contributed by atoms with Crippen LogP contribution in [0.15, 0.2) is 48.5 Å². The summed E-state index contributed by atoms with van der Waals surface area (Å²) in [4.78, 5) is 46.6. The molecular formula is C19H19N3O6. The highest BCUT2D eigenvalue weighted by Gasteiger charge is 2.14. The summed E-state index contributed by atoms with van der Waals surface area (Å²) in [5, 5.41) is 4.89. The lowest BCUT2D eigenvalue weighted by Crippen LogP contribution is -2.32. The molecule has 3 amide bonds. The van der Waals surface area contributed by atoms with E-state index in [4.69, 9.17) is 15.2 Å². The molecule has 0 aliphatic heterocycles. The van der Waals surface area contributed by atoms with Crippen molar-refractivity contribution in [2.45, 2.75) is 0 Å². The lowest BCUT2D eigenvalue weighted by molar-refractivity contribution is -0.146. The molecule has 4 N–H and O–H groups in total. The van der Waals surface area contributed by atoms with Crippen molar-refractivity contribution in [2.24, 2.45) is 5.73 Å². The maximum atomic E-state index is 12.1. The molecule has 2 aromatic carbocycles. The van der Waals surface area contributed by atoms with Crippen molar-refractivity contribution in [1.29, 1.82) is 0 Å². The van der Waals surface area contributed by atoms with Crippen LogP contribution in [0, 0.1) is 0 Å². The molecule has 0 aliphatic rings. The van der Waals surface area contributed by atoms with Gasteiger partial charge >= 0.3 is 5.97 Å². The van der Waals surface area contributed by atoms with Gasteiger partial charge in [0.2, 0.25) is 5.91 Å². The molecule has 28 heavy (non-hydrogen) atoms. The summed E-state index contributed by atoms with van der Waals surface area (Å²) >= 11 is 0. The lowest BCUT2D eigenvalue weighted by atomic mass is 10.2. The summed E-state index contributed by atoms with van der Waals surface area (Å²) in [7, 11) is 1.43. The molecule has 9 nitrogen and oxygen atoms in total. The molecule has 0 saturated heterocycles. The van der Waals surface area contributed by atoms with Gasteiger partial charge in [-0.1, -0.05) is 12.1 Å². The first-order chi connectivity index (χ1) is 13.4. The zero-order valence-corrected chi connectivity index (χ0v) is 15.1. The largest absolute Gasteiger partial charge is 0.496 e. The van der Waals surface area contributed by atoms with E-state index in [1.54, 1.807) is 24.3 Å². The Kier molecular flexibility index (Phi) is 7.09. The van der Waals surface area contributed by atoms with Crippen LogP contribution >= 0.6 is 0 Å². The van der Waals surface area contributed by atoms with E-state index < -0.39 is 36.8 Å². The SMILES string of the molecule is COc1ccccc1C(=O)NCC(=O)OCC(=O)Nc1ccc(C(N)=O)cc1. The van der Waals surface area contributed by atoms with Crippen molar-refractivity contribution in [3.8, 4) is 5.75 Å². The summed E-state index contributed by atoms with van der Waals surface area (Å²) in [5.74, 6) is -2.07. The Morgan fingerprint density at radius 2 is 1.68 bits per heavy atom. The average molecular weight is 385 g/mol.